The Morgan fingerprint density at radius 1 is 1.04 bits per heavy atom. The summed E-state index contributed by atoms with van der Waals surface area (Å²) in [5, 5.41) is 35.6. The molecule has 13 nitrogen and oxygen atoms in total. The van der Waals surface area contributed by atoms with Crippen LogP contribution in [-0.4, -0.2) is 99.7 Å². The van der Waals surface area contributed by atoms with Gasteiger partial charge in [-0.05, 0) is 61.4 Å². The molecule has 0 unspecified atom stereocenters. The fourth-order valence-corrected chi connectivity index (χ4v) is 6.76. The summed E-state index contributed by atoms with van der Waals surface area (Å²) >= 11 is 6.01. The number of piperazine rings is 1. The first-order valence-corrected chi connectivity index (χ1v) is 18.3. The average Bonchev–Trinajstić information content (AvgIpc) is 3.81. The van der Waals surface area contributed by atoms with Gasteiger partial charge in [0.2, 0.25) is 23.6 Å². The van der Waals surface area contributed by atoms with E-state index in [0.717, 1.165) is 12.0 Å². The second-order valence-electron chi connectivity index (χ2n) is 13.6. The molecule has 4 aromatic rings. The molecular weight excluding hydrogens is 745 g/mol. The van der Waals surface area contributed by atoms with Gasteiger partial charge in [0.15, 0.2) is 5.76 Å². The van der Waals surface area contributed by atoms with Gasteiger partial charge < -0.3 is 34.4 Å². The summed E-state index contributed by atoms with van der Waals surface area (Å²) in [4.78, 5) is 30.7. The van der Waals surface area contributed by atoms with E-state index in [2.05, 4.69) is 15.5 Å². The van der Waals surface area contributed by atoms with Crippen LogP contribution in [0.1, 0.15) is 42.9 Å². The molecule has 2 aromatic heterocycles. The van der Waals surface area contributed by atoms with Crippen molar-refractivity contribution in [2.24, 2.45) is 5.92 Å². The van der Waals surface area contributed by atoms with Gasteiger partial charge in [-0.25, -0.2) is 0 Å². The largest absolute Gasteiger partial charge is 0.507 e. The smallest absolute Gasteiger partial charge is 0.405 e. The van der Waals surface area contributed by atoms with E-state index >= 15 is 0 Å². The van der Waals surface area contributed by atoms with E-state index in [4.69, 9.17) is 25.2 Å². The molecule has 294 valence electrons. The lowest BCUT2D eigenvalue weighted by molar-refractivity contribution is -0.143. The minimum atomic E-state index is -4.62. The first kappa shape index (κ1) is 39.8. The molecule has 1 fully saturated rings. The predicted molar refractivity (Wildman–Crippen MR) is 195 cm³/mol. The Bertz CT molecular complexity index is 1970. The van der Waals surface area contributed by atoms with Crippen LogP contribution in [0.5, 0.6) is 5.75 Å². The van der Waals surface area contributed by atoms with Crippen molar-refractivity contribution in [2.45, 2.75) is 57.5 Å². The number of fused-ring (bicyclic) bond motifs is 1. The monoisotopic (exact) mass is 786 g/mol. The van der Waals surface area contributed by atoms with E-state index in [1.165, 1.54) is 0 Å². The highest BCUT2D eigenvalue weighted by molar-refractivity contribution is 6.30. The molecule has 17 heteroatoms. The number of carbonyl (C=O) groups is 2. The lowest BCUT2D eigenvalue weighted by Crippen LogP contribution is -2.60. The van der Waals surface area contributed by atoms with Crippen LogP contribution in [0.3, 0.4) is 0 Å². The number of aliphatic hydroxyl groups excluding tert-OH is 2. The maximum atomic E-state index is 13.9. The van der Waals surface area contributed by atoms with E-state index in [1.807, 2.05) is 35.3 Å². The van der Waals surface area contributed by atoms with Gasteiger partial charge in [-0.2, -0.15) is 13.2 Å². The number of aryl methyl sites for hydroxylation is 1. The molecule has 2 aromatic carbocycles. The van der Waals surface area contributed by atoms with Crippen molar-refractivity contribution in [3.8, 4) is 17.1 Å². The Labute approximate surface area is 320 Å². The van der Waals surface area contributed by atoms with Crippen molar-refractivity contribution in [1.82, 2.24) is 30.6 Å². The third kappa shape index (κ3) is 10.7. The molecule has 2 amide bonds. The number of amides is 2. The molecule has 3 atom stereocenters. The van der Waals surface area contributed by atoms with E-state index in [9.17, 15) is 33.0 Å². The summed E-state index contributed by atoms with van der Waals surface area (Å²) in [6.07, 6.45) is -4.72. The molecular formula is C38H42ClF3N6O7. The van der Waals surface area contributed by atoms with Gasteiger partial charge in [-0.1, -0.05) is 30.7 Å². The van der Waals surface area contributed by atoms with Crippen molar-refractivity contribution in [2.75, 3.05) is 39.3 Å². The number of rotatable bonds is 15. The number of hydrogen-bond acceptors (Lipinski definition) is 11. The van der Waals surface area contributed by atoms with Gasteiger partial charge in [0.05, 0.1) is 18.3 Å². The van der Waals surface area contributed by atoms with Crippen LogP contribution in [0, 0.1) is 5.92 Å². The number of β-amino-alcohol motifs (C(OH)–C–C–N with tert-alkyl or cyclic N) is 1. The number of para-hydroxylation sites is 1. The SMILES string of the molecule is CCCc1nnc(C[C@H](C[C@H](O)CN2CCN(Cc3ccc(-c4ccc(Cl)cc4)o3)C[C@H]2C(=O)NCC(F)(F)F)C(=O)NC2=C(O)COc3ccccc32)o1. The number of nitrogens with one attached hydrogen (secondary N) is 2. The number of benzene rings is 2. The summed E-state index contributed by atoms with van der Waals surface area (Å²) in [6, 6.07) is 16.6. The van der Waals surface area contributed by atoms with Crippen molar-refractivity contribution in [3.05, 3.63) is 94.6 Å². The number of ether oxygens (including phenoxy) is 1. The third-order valence-electron chi connectivity index (χ3n) is 9.33. The second kappa shape index (κ2) is 17.7. The maximum absolute atomic E-state index is 13.9. The number of aliphatic hydroxyl groups is 2. The maximum Gasteiger partial charge on any atom is 0.405 e. The van der Waals surface area contributed by atoms with Gasteiger partial charge in [0.25, 0.3) is 0 Å². The Balaban J connectivity index is 1.16. The van der Waals surface area contributed by atoms with E-state index in [1.54, 1.807) is 47.4 Å². The Morgan fingerprint density at radius 2 is 1.80 bits per heavy atom. The number of aromatic nitrogens is 2. The first-order valence-electron chi connectivity index (χ1n) is 17.9. The number of alkyl halides is 3. The zero-order valence-corrected chi connectivity index (χ0v) is 30.8. The molecule has 0 aliphatic carbocycles. The highest BCUT2D eigenvalue weighted by atomic mass is 35.5. The van der Waals surface area contributed by atoms with Gasteiger partial charge in [-0.15, -0.1) is 10.2 Å². The van der Waals surface area contributed by atoms with Crippen molar-refractivity contribution in [1.29, 1.82) is 0 Å². The van der Waals surface area contributed by atoms with Gasteiger partial charge >= 0.3 is 6.18 Å². The minimum Gasteiger partial charge on any atom is -0.507 e. The lowest BCUT2D eigenvalue weighted by atomic mass is 9.95. The number of halogens is 4. The highest BCUT2D eigenvalue weighted by Crippen LogP contribution is 2.31. The highest BCUT2D eigenvalue weighted by Gasteiger charge is 2.37. The summed E-state index contributed by atoms with van der Waals surface area (Å²) in [6.45, 7) is 1.14. The van der Waals surface area contributed by atoms with Gasteiger partial charge in [0.1, 0.15) is 36.5 Å². The second-order valence-corrected chi connectivity index (χ2v) is 14.0. The minimum absolute atomic E-state index is 0.0454. The van der Waals surface area contributed by atoms with Crippen molar-refractivity contribution < 1.29 is 46.5 Å². The number of carbonyl (C=O) groups excluding carboxylic acids is 2. The number of nitrogens with zero attached hydrogens (tertiary/aromatic N) is 4. The molecule has 0 radical (unpaired) electrons. The molecule has 6 rings (SSSR count). The fourth-order valence-electron chi connectivity index (χ4n) is 6.64. The summed E-state index contributed by atoms with van der Waals surface area (Å²) in [5.74, 6) is -0.277. The predicted octanol–water partition coefficient (Wildman–Crippen LogP) is 5.15. The van der Waals surface area contributed by atoms with E-state index in [-0.39, 0.29) is 63.0 Å². The topological polar surface area (TPSA) is 166 Å². The van der Waals surface area contributed by atoms with Crippen LogP contribution in [0.4, 0.5) is 13.2 Å². The normalized spacial score (nSPS) is 17.7. The Hall–Kier alpha value is -4.90. The van der Waals surface area contributed by atoms with Gasteiger partial charge in [-0.3, -0.25) is 19.4 Å². The molecule has 2 aliphatic heterocycles. The number of furan rings is 1. The molecule has 2 aliphatic rings. The first-order chi connectivity index (χ1) is 26.3. The van der Waals surface area contributed by atoms with E-state index < -0.39 is 42.6 Å². The van der Waals surface area contributed by atoms with Crippen LogP contribution in [0.15, 0.2) is 75.3 Å². The van der Waals surface area contributed by atoms with Crippen LogP contribution in [0.2, 0.25) is 5.02 Å². The summed E-state index contributed by atoms with van der Waals surface area (Å²) in [7, 11) is 0. The molecule has 0 bridgehead atoms. The van der Waals surface area contributed by atoms with Crippen LogP contribution in [0.25, 0.3) is 17.0 Å². The molecule has 0 saturated carbocycles. The van der Waals surface area contributed by atoms with Crippen LogP contribution in [-0.2, 0) is 29.0 Å². The van der Waals surface area contributed by atoms with Crippen molar-refractivity contribution in [3.63, 3.8) is 0 Å². The Morgan fingerprint density at radius 3 is 2.56 bits per heavy atom. The molecule has 4 heterocycles. The zero-order chi connectivity index (χ0) is 39.1. The standard InChI is InChI=1S/C38H42ClF3N6O7/c1-2-5-33-45-46-34(55-33)17-24(36(51)44-35-28-6-3-4-7-32(28)53-21-30(35)50)16-26(49)18-48-15-14-47(20-29(48)37(52)43-22-38(40,41)42)19-27-12-13-31(54-27)23-8-10-25(39)11-9-23/h3-4,6-13,24,26,29,49-50H,2,5,14-22H2,1H3,(H,43,52)(H,44,51)/t24-,26-,29-/m0/s1. The number of hydrogen-bond donors (Lipinski definition) is 4. The average molecular weight is 787 g/mol. The quantitative estimate of drug-likeness (QED) is 0.126. The summed E-state index contributed by atoms with van der Waals surface area (Å²) in [5.41, 5.74) is 1.46. The molecule has 0 spiro atoms. The summed E-state index contributed by atoms with van der Waals surface area (Å²) < 4.78 is 56.8. The Kier molecular flexibility index (Phi) is 12.8. The van der Waals surface area contributed by atoms with E-state index in [0.29, 0.717) is 46.7 Å². The van der Waals surface area contributed by atoms with Gasteiger partial charge in [0, 0.05) is 61.1 Å². The zero-order valence-electron chi connectivity index (χ0n) is 30.0. The lowest BCUT2D eigenvalue weighted by Gasteiger charge is -2.41. The molecule has 55 heavy (non-hydrogen) atoms. The van der Waals surface area contributed by atoms with Crippen molar-refractivity contribution >= 4 is 29.1 Å². The van der Waals surface area contributed by atoms with Crippen LogP contribution >= 0.6 is 11.6 Å². The third-order valence-corrected chi connectivity index (χ3v) is 9.59. The van der Waals surface area contributed by atoms with Crippen LogP contribution < -0.4 is 15.4 Å². The fraction of sp³-hybridized carbons (Fsp3) is 0.421. The molecule has 4 N–H and O–H groups in total. The molecule has 1 saturated heterocycles.